The summed E-state index contributed by atoms with van der Waals surface area (Å²) in [6, 6.07) is 0.319. The summed E-state index contributed by atoms with van der Waals surface area (Å²) in [5.74, 6) is 0. The van der Waals surface area contributed by atoms with E-state index < -0.39 is 0 Å². The lowest BCUT2D eigenvalue weighted by molar-refractivity contribution is 0.574. The summed E-state index contributed by atoms with van der Waals surface area (Å²) in [6.45, 7) is 2.07. The molecule has 1 heterocycles. The van der Waals surface area contributed by atoms with Gasteiger partial charge in [0.25, 0.3) is 0 Å². The Morgan fingerprint density at radius 1 is 1.70 bits per heavy atom. The van der Waals surface area contributed by atoms with Gasteiger partial charge in [0, 0.05) is 13.1 Å². The highest BCUT2D eigenvalue weighted by atomic mass is 15.4. The Morgan fingerprint density at radius 3 is 2.80 bits per heavy atom. The first-order valence-electron chi connectivity index (χ1n) is 3.27. The van der Waals surface area contributed by atoms with E-state index in [1.165, 1.54) is 0 Å². The van der Waals surface area contributed by atoms with Crippen LogP contribution in [0.2, 0.25) is 0 Å². The van der Waals surface area contributed by atoms with Crippen LogP contribution in [0.25, 0.3) is 0 Å². The van der Waals surface area contributed by atoms with Gasteiger partial charge in [-0.25, -0.2) is 0 Å². The van der Waals surface area contributed by atoms with E-state index in [2.05, 4.69) is 22.6 Å². The van der Waals surface area contributed by atoms with Crippen LogP contribution in [-0.2, 0) is 7.05 Å². The molecule has 0 amide bonds. The highest BCUT2D eigenvalue weighted by Gasteiger charge is 2.05. The Balaban J connectivity index is 2.82. The first-order chi connectivity index (χ1) is 4.75. The minimum absolute atomic E-state index is 0.319. The number of hydrogen-bond donors (Lipinski definition) is 1. The van der Waals surface area contributed by atoms with E-state index in [1.807, 2.05) is 14.1 Å². The van der Waals surface area contributed by atoms with Crippen LogP contribution in [0, 0.1) is 0 Å². The van der Waals surface area contributed by atoms with E-state index in [1.54, 1.807) is 10.9 Å². The summed E-state index contributed by atoms with van der Waals surface area (Å²) in [4.78, 5) is 0. The molecule has 56 valence electrons. The van der Waals surface area contributed by atoms with E-state index in [0.717, 1.165) is 5.69 Å². The van der Waals surface area contributed by atoms with Gasteiger partial charge in [0.05, 0.1) is 11.9 Å². The summed E-state index contributed by atoms with van der Waals surface area (Å²) in [6.07, 6.45) is 1.77. The molecular formula is C6H12N4. The van der Waals surface area contributed by atoms with E-state index in [0.29, 0.717) is 6.04 Å². The van der Waals surface area contributed by atoms with Crippen LogP contribution < -0.4 is 5.32 Å². The van der Waals surface area contributed by atoms with Gasteiger partial charge in [-0.05, 0) is 14.0 Å². The van der Waals surface area contributed by atoms with Crippen LogP contribution in [0.4, 0.5) is 0 Å². The summed E-state index contributed by atoms with van der Waals surface area (Å²) in [7, 11) is 3.80. The fraction of sp³-hybridized carbons (Fsp3) is 0.667. The third-order valence-electron chi connectivity index (χ3n) is 1.63. The largest absolute Gasteiger partial charge is 0.312 e. The fourth-order valence-electron chi connectivity index (χ4n) is 0.838. The molecule has 4 heteroatoms. The highest BCUT2D eigenvalue weighted by molar-refractivity contribution is 4.99. The average Bonchev–Trinajstić information content (AvgIpc) is 2.34. The Labute approximate surface area is 60.2 Å². The van der Waals surface area contributed by atoms with Gasteiger partial charge in [-0.1, -0.05) is 5.21 Å². The second kappa shape index (κ2) is 2.79. The number of aryl methyl sites for hydroxylation is 1. The molecule has 1 aromatic heterocycles. The van der Waals surface area contributed by atoms with Crippen LogP contribution >= 0.6 is 0 Å². The maximum atomic E-state index is 3.81. The van der Waals surface area contributed by atoms with Crippen molar-refractivity contribution in [2.75, 3.05) is 7.05 Å². The molecule has 0 radical (unpaired) electrons. The van der Waals surface area contributed by atoms with Crippen LogP contribution in [-0.4, -0.2) is 22.0 Å². The molecule has 0 saturated carbocycles. The SMILES string of the molecule is CN[C@@H](C)c1cnnn1C. The summed E-state index contributed by atoms with van der Waals surface area (Å²) in [5, 5.41) is 10.7. The molecule has 1 aromatic rings. The highest BCUT2D eigenvalue weighted by Crippen LogP contribution is 2.06. The van der Waals surface area contributed by atoms with Gasteiger partial charge in [-0.15, -0.1) is 5.10 Å². The molecule has 10 heavy (non-hydrogen) atoms. The zero-order valence-electron chi connectivity index (χ0n) is 6.50. The molecule has 0 saturated heterocycles. The minimum atomic E-state index is 0.319. The zero-order valence-corrected chi connectivity index (χ0v) is 6.50. The summed E-state index contributed by atoms with van der Waals surface area (Å²) in [5.41, 5.74) is 1.10. The molecular weight excluding hydrogens is 128 g/mol. The molecule has 0 fully saturated rings. The van der Waals surface area contributed by atoms with Crippen LogP contribution in [0.3, 0.4) is 0 Å². The van der Waals surface area contributed by atoms with Crippen molar-refractivity contribution in [3.05, 3.63) is 11.9 Å². The van der Waals surface area contributed by atoms with Gasteiger partial charge in [0.15, 0.2) is 0 Å². The van der Waals surface area contributed by atoms with Gasteiger partial charge < -0.3 is 5.32 Å². The Hall–Kier alpha value is -0.900. The van der Waals surface area contributed by atoms with Crippen LogP contribution in [0.15, 0.2) is 6.20 Å². The monoisotopic (exact) mass is 140 g/mol. The normalized spacial score (nSPS) is 13.5. The van der Waals surface area contributed by atoms with Crippen molar-refractivity contribution in [2.24, 2.45) is 7.05 Å². The number of hydrogen-bond acceptors (Lipinski definition) is 3. The Bertz CT molecular complexity index is 205. The predicted octanol–water partition coefficient (Wildman–Crippen LogP) is 0.0955. The number of rotatable bonds is 2. The lowest BCUT2D eigenvalue weighted by atomic mass is 10.2. The van der Waals surface area contributed by atoms with Crippen molar-refractivity contribution in [2.45, 2.75) is 13.0 Å². The van der Waals surface area contributed by atoms with E-state index >= 15 is 0 Å². The molecule has 1 atom stereocenters. The smallest absolute Gasteiger partial charge is 0.0750 e. The number of nitrogens with one attached hydrogen (secondary N) is 1. The number of aromatic nitrogens is 3. The molecule has 0 bridgehead atoms. The second-order valence-corrected chi connectivity index (χ2v) is 2.29. The predicted molar refractivity (Wildman–Crippen MR) is 38.5 cm³/mol. The standard InChI is InChI=1S/C6H12N4/c1-5(7-2)6-4-8-9-10(6)3/h4-5,7H,1-3H3/t5-/m0/s1. The third kappa shape index (κ3) is 1.16. The average molecular weight is 140 g/mol. The van der Waals surface area contributed by atoms with E-state index in [4.69, 9.17) is 0 Å². The fourth-order valence-corrected chi connectivity index (χ4v) is 0.838. The minimum Gasteiger partial charge on any atom is -0.312 e. The maximum Gasteiger partial charge on any atom is 0.0750 e. The molecule has 0 aliphatic rings. The van der Waals surface area contributed by atoms with Gasteiger partial charge in [0.2, 0.25) is 0 Å². The van der Waals surface area contributed by atoms with Crippen molar-refractivity contribution < 1.29 is 0 Å². The topological polar surface area (TPSA) is 42.7 Å². The zero-order chi connectivity index (χ0) is 7.56. The first kappa shape index (κ1) is 7.21. The molecule has 4 nitrogen and oxygen atoms in total. The van der Waals surface area contributed by atoms with Gasteiger partial charge >= 0.3 is 0 Å². The molecule has 0 aliphatic carbocycles. The lowest BCUT2D eigenvalue weighted by Gasteiger charge is -2.07. The Morgan fingerprint density at radius 2 is 2.40 bits per heavy atom. The summed E-state index contributed by atoms with van der Waals surface area (Å²) >= 11 is 0. The molecule has 0 spiro atoms. The van der Waals surface area contributed by atoms with Gasteiger partial charge in [-0.3, -0.25) is 4.68 Å². The lowest BCUT2D eigenvalue weighted by Crippen LogP contribution is -2.15. The van der Waals surface area contributed by atoms with Crippen molar-refractivity contribution in [1.82, 2.24) is 20.3 Å². The molecule has 0 aliphatic heterocycles. The van der Waals surface area contributed by atoms with Gasteiger partial charge in [-0.2, -0.15) is 0 Å². The van der Waals surface area contributed by atoms with Crippen molar-refractivity contribution in [3.63, 3.8) is 0 Å². The van der Waals surface area contributed by atoms with E-state index in [9.17, 15) is 0 Å². The number of nitrogens with zero attached hydrogens (tertiary/aromatic N) is 3. The van der Waals surface area contributed by atoms with Gasteiger partial charge in [0.1, 0.15) is 0 Å². The summed E-state index contributed by atoms with van der Waals surface area (Å²) < 4.78 is 1.77. The van der Waals surface area contributed by atoms with Crippen LogP contribution in [0.1, 0.15) is 18.7 Å². The molecule has 0 aromatic carbocycles. The molecule has 1 rings (SSSR count). The second-order valence-electron chi connectivity index (χ2n) is 2.29. The molecule has 1 N–H and O–H groups in total. The quantitative estimate of drug-likeness (QED) is 0.633. The van der Waals surface area contributed by atoms with Crippen molar-refractivity contribution in [3.8, 4) is 0 Å². The van der Waals surface area contributed by atoms with E-state index in [-0.39, 0.29) is 0 Å². The Kier molecular flexibility index (Phi) is 2.01. The third-order valence-corrected chi connectivity index (χ3v) is 1.63. The van der Waals surface area contributed by atoms with Crippen molar-refractivity contribution >= 4 is 0 Å². The molecule has 0 unspecified atom stereocenters. The van der Waals surface area contributed by atoms with Crippen LogP contribution in [0.5, 0.6) is 0 Å². The first-order valence-corrected chi connectivity index (χ1v) is 3.27. The van der Waals surface area contributed by atoms with Crippen molar-refractivity contribution in [1.29, 1.82) is 0 Å². The maximum absolute atomic E-state index is 3.81.